The minimum Gasteiger partial charge on any atom is -0.238 e. The third kappa shape index (κ3) is 1.93. The van der Waals surface area contributed by atoms with Crippen molar-refractivity contribution in [2.75, 3.05) is 0 Å². The SMILES string of the molecule is CC(C)(F)c1ncnc(Cl)c1Br. The smallest absolute Gasteiger partial charge is 0.148 e. The van der Waals surface area contributed by atoms with Gasteiger partial charge in [0.1, 0.15) is 17.1 Å². The number of hydrogen-bond donors (Lipinski definition) is 0. The van der Waals surface area contributed by atoms with E-state index in [2.05, 4.69) is 25.9 Å². The van der Waals surface area contributed by atoms with Crippen molar-refractivity contribution in [3.05, 3.63) is 21.6 Å². The Balaban J connectivity index is 3.26. The summed E-state index contributed by atoms with van der Waals surface area (Å²) in [6.45, 7) is 2.83. The molecule has 0 unspecified atom stereocenters. The molecule has 0 spiro atoms. The van der Waals surface area contributed by atoms with Crippen LogP contribution in [0.25, 0.3) is 0 Å². The van der Waals surface area contributed by atoms with Gasteiger partial charge in [0, 0.05) is 0 Å². The molecule has 0 bridgehead atoms. The molecular weight excluding hydrogens is 246 g/mol. The highest BCUT2D eigenvalue weighted by Gasteiger charge is 2.24. The molecule has 0 aliphatic heterocycles. The minimum atomic E-state index is -1.51. The molecule has 0 fully saturated rings. The zero-order valence-corrected chi connectivity index (χ0v) is 8.95. The third-order valence-electron chi connectivity index (χ3n) is 1.31. The highest BCUT2D eigenvalue weighted by molar-refractivity contribution is 9.10. The highest BCUT2D eigenvalue weighted by Crippen LogP contribution is 2.32. The van der Waals surface area contributed by atoms with Gasteiger partial charge in [-0.1, -0.05) is 11.6 Å². The lowest BCUT2D eigenvalue weighted by Crippen LogP contribution is -2.13. The molecule has 0 saturated heterocycles. The maximum atomic E-state index is 13.4. The Morgan fingerprint density at radius 1 is 1.50 bits per heavy atom. The van der Waals surface area contributed by atoms with Gasteiger partial charge in [-0.15, -0.1) is 0 Å². The van der Waals surface area contributed by atoms with Gasteiger partial charge in [-0.3, -0.25) is 0 Å². The van der Waals surface area contributed by atoms with E-state index < -0.39 is 5.67 Å². The van der Waals surface area contributed by atoms with E-state index in [0.717, 1.165) is 0 Å². The number of nitrogens with zero attached hydrogens (tertiary/aromatic N) is 2. The van der Waals surface area contributed by atoms with Crippen molar-refractivity contribution in [2.45, 2.75) is 19.5 Å². The molecule has 2 nitrogen and oxygen atoms in total. The molecule has 0 amide bonds. The van der Waals surface area contributed by atoms with Crippen LogP contribution < -0.4 is 0 Å². The van der Waals surface area contributed by atoms with Gasteiger partial charge in [0.05, 0.1) is 10.2 Å². The van der Waals surface area contributed by atoms with Crippen LogP contribution in [0.1, 0.15) is 19.5 Å². The van der Waals surface area contributed by atoms with Crippen LogP contribution in [0.3, 0.4) is 0 Å². The number of hydrogen-bond acceptors (Lipinski definition) is 2. The van der Waals surface area contributed by atoms with Gasteiger partial charge in [0.25, 0.3) is 0 Å². The fourth-order valence-electron chi connectivity index (χ4n) is 0.763. The van der Waals surface area contributed by atoms with Crippen LogP contribution in [0.2, 0.25) is 5.15 Å². The number of aromatic nitrogens is 2. The Morgan fingerprint density at radius 2 is 2.08 bits per heavy atom. The summed E-state index contributed by atoms with van der Waals surface area (Å²) < 4.78 is 13.8. The number of halogens is 3. The van der Waals surface area contributed by atoms with E-state index in [1.165, 1.54) is 20.2 Å². The first kappa shape index (κ1) is 9.86. The summed E-state index contributed by atoms with van der Waals surface area (Å²) in [5.41, 5.74) is -1.24. The molecule has 1 heterocycles. The molecule has 1 aromatic heterocycles. The average molecular weight is 254 g/mol. The molecule has 0 aliphatic carbocycles. The second-order valence-electron chi connectivity index (χ2n) is 2.80. The molecular formula is C7H7BrClFN2. The topological polar surface area (TPSA) is 25.8 Å². The summed E-state index contributed by atoms with van der Waals surface area (Å²) in [5.74, 6) is 0. The van der Waals surface area contributed by atoms with Crippen LogP contribution in [-0.4, -0.2) is 9.97 Å². The van der Waals surface area contributed by atoms with Gasteiger partial charge in [-0.05, 0) is 29.8 Å². The molecule has 0 radical (unpaired) electrons. The second kappa shape index (κ2) is 3.26. The summed E-state index contributed by atoms with van der Waals surface area (Å²) in [5, 5.41) is 0.228. The van der Waals surface area contributed by atoms with Gasteiger partial charge in [-0.25, -0.2) is 14.4 Å². The van der Waals surface area contributed by atoms with Crippen molar-refractivity contribution in [3.63, 3.8) is 0 Å². The molecule has 1 aromatic rings. The standard InChI is InChI=1S/C7H7BrClFN2/c1-7(2,10)5-4(8)6(9)12-3-11-5/h3H,1-2H3. The van der Waals surface area contributed by atoms with Crippen LogP contribution >= 0.6 is 27.5 Å². The molecule has 5 heteroatoms. The quantitative estimate of drug-likeness (QED) is 0.719. The molecule has 66 valence electrons. The largest absolute Gasteiger partial charge is 0.238 e. The van der Waals surface area contributed by atoms with E-state index in [-0.39, 0.29) is 10.8 Å². The summed E-state index contributed by atoms with van der Waals surface area (Å²) in [4.78, 5) is 7.49. The van der Waals surface area contributed by atoms with E-state index >= 15 is 0 Å². The second-order valence-corrected chi connectivity index (χ2v) is 3.95. The molecule has 0 aliphatic rings. The molecule has 12 heavy (non-hydrogen) atoms. The van der Waals surface area contributed by atoms with Gasteiger partial charge in [-0.2, -0.15) is 0 Å². The van der Waals surface area contributed by atoms with E-state index in [1.54, 1.807) is 0 Å². The molecule has 1 rings (SSSR count). The first-order valence-corrected chi connectivity index (χ1v) is 4.45. The van der Waals surface area contributed by atoms with E-state index in [4.69, 9.17) is 11.6 Å². The zero-order chi connectivity index (χ0) is 9.35. The maximum Gasteiger partial charge on any atom is 0.148 e. The minimum absolute atomic E-state index is 0.228. The van der Waals surface area contributed by atoms with Crippen LogP contribution in [0.5, 0.6) is 0 Å². The summed E-state index contributed by atoms with van der Waals surface area (Å²) >= 11 is 8.77. The van der Waals surface area contributed by atoms with E-state index in [9.17, 15) is 4.39 Å². The van der Waals surface area contributed by atoms with E-state index in [1.807, 2.05) is 0 Å². The predicted molar refractivity (Wildman–Crippen MR) is 48.9 cm³/mol. The Hall–Kier alpha value is -0.220. The molecule has 0 atom stereocenters. The summed E-state index contributed by atoms with van der Waals surface area (Å²) in [7, 11) is 0. The number of alkyl halides is 1. The van der Waals surface area contributed by atoms with Crippen LogP contribution in [0.15, 0.2) is 10.8 Å². The zero-order valence-electron chi connectivity index (χ0n) is 6.61. The molecule has 0 aromatic carbocycles. The van der Waals surface area contributed by atoms with Crippen molar-refractivity contribution >= 4 is 27.5 Å². The highest BCUT2D eigenvalue weighted by atomic mass is 79.9. The summed E-state index contributed by atoms with van der Waals surface area (Å²) in [6.07, 6.45) is 1.24. The first-order chi connectivity index (χ1) is 5.43. The van der Waals surface area contributed by atoms with Crippen molar-refractivity contribution < 1.29 is 4.39 Å². The van der Waals surface area contributed by atoms with E-state index in [0.29, 0.717) is 4.47 Å². The van der Waals surface area contributed by atoms with Gasteiger partial charge in [0.2, 0.25) is 0 Å². The van der Waals surface area contributed by atoms with Crippen molar-refractivity contribution in [3.8, 4) is 0 Å². The van der Waals surface area contributed by atoms with Crippen LogP contribution in [-0.2, 0) is 5.67 Å². The van der Waals surface area contributed by atoms with Crippen molar-refractivity contribution in [2.24, 2.45) is 0 Å². The molecule has 0 N–H and O–H groups in total. The fourth-order valence-corrected chi connectivity index (χ4v) is 1.57. The Morgan fingerprint density at radius 3 is 2.50 bits per heavy atom. The normalized spacial score (nSPS) is 11.8. The number of rotatable bonds is 1. The monoisotopic (exact) mass is 252 g/mol. The predicted octanol–water partition coefficient (Wildman–Crippen LogP) is 3.10. The van der Waals surface area contributed by atoms with Crippen molar-refractivity contribution in [1.82, 2.24) is 9.97 Å². The third-order valence-corrected chi connectivity index (χ3v) is 2.58. The lowest BCUT2D eigenvalue weighted by atomic mass is 10.1. The lowest BCUT2D eigenvalue weighted by Gasteiger charge is -2.14. The lowest BCUT2D eigenvalue weighted by molar-refractivity contribution is 0.212. The van der Waals surface area contributed by atoms with Crippen LogP contribution in [0.4, 0.5) is 4.39 Å². The Labute approximate surface area is 83.3 Å². The average Bonchev–Trinajstić information content (AvgIpc) is 1.92. The van der Waals surface area contributed by atoms with Crippen LogP contribution in [0, 0.1) is 0 Å². The first-order valence-electron chi connectivity index (χ1n) is 3.28. The van der Waals surface area contributed by atoms with Gasteiger partial charge >= 0.3 is 0 Å². The Kier molecular flexibility index (Phi) is 2.68. The van der Waals surface area contributed by atoms with Gasteiger partial charge < -0.3 is 0 Å². The summed E-state index contributed by atoms with van der Waals surface area (Å²) in [6, 6.07) is 0. The molecule has 0 saturated carbocycles. The Bertz CT molecular complexity index is 298. The van der Waals surface area contributed by atoms with Crippen molar-refractivity contribution in [1.29, 1.82) is 0 Å². The maximum absolute atomic E-state index is 13.4. The van der Waals surface area contributed by atoms with Gasteiger partial charge in [0.15, 0.2) is 0 Å². The fraction of sp³-hybridized carbons (Fsp3) is 0.429.